The van der Waals surface area contributed by atoms with Gasteiger partial charge in [-0.3, -0.25) is 0 Å². The number of hydrogen-bond acceptors (Lipinski definition) is 3. The lowest BCUT2D eigenvalue weighted by atomic mass is 9.86. The van der Waals surface area contributed by atoms with E-state index in [0.29, 0.717) is 18.4 Å². The van der Waals surface area contributed by atoms with Crippen molar-refractivity contribution < 1.29 is 13.5 Å². The van der Waals surface area contributed by atoms with Crippen LogP contribution >= 0.6 is 0 Å². The van der Waals surface area contributed by atoms with Gasteiger partial charge < -0.3 is 5.11 Å². The Morgan fingerprint density at radius 3 is 2.21 bits per heavy atom. The van der Waals surface area contributed by atoms with Crippen LogP contribution in [-0.4, -0.2) is 20.1 Å². The molecule has 5 heteroatoms. The highest BCUT2D eigenvalue weighted by atomic mass is 32.2. The minimum Gasteiger partial charge on any atom is -0.508 e. The minimum atomic E-state index is -3.55. The quantitative estimate of drug-likeness (QED) is 0.844. The van der Waals surface area contributed by atoms with Crippen molar-refractivity contribution in [1.82, 2.24) is 4.72 Å². The number of nitrogens with one attached hydrogen (secondary N) is 1. The van der Waals surface area contributed by atoms with Crippen molar-refractivity contribution in [2.75, 3.05) is 6.54 Å². The van der Waals surface area contributed by atoms with E-state index in [0.717, 1.165) is 0 Å². The Kier molecular flexibility index (Phi) is 5.38. The van der Waals surface area contributed by atoms with Gasteiger partial charge in [-0.15, -0.1) is 0 Å². The van der Waals surface area contributed by atoms with Gasteiger partial charge in [0.15, 0.2) is 0 Å². The maximum atomic E-state index is 12.1. The van der Waals surface area contributed by atoms with Crippen LogP contribution in [0.5, 0.6) is 5.75 Å². The molecule has 0 aliphatic heterocycles. The molecule has 0 saturated carbocycles. The van der Waals surface area contributed by atoms with Crippen LogP contribution in [-0.2, 0) is 10.0 Å². The van der Waals surface area contributed by atoms with E-state index in [9.17, 15) is 13.5 Å². The van der Waals surface area contributed by atoms with Gasteiger partial charge in [0.25, 0.3) is 0 Å². The largest absolute Gasteiger partial charge is 0.508 e. The Balaban J connectivity index is 2.81. The Hall–Kier alpha value is -1.07. The summed E-state index contributed by atoms with van der Waals surface area (Å²) in [6.45, 7) is 8.77. The third-order valence-corrected chi connectivity index (χ3v) is 4.77. The molecule has 19 heavy (non-hydrogen) atoms. The highest BCUT2D eigenvalue weighted by molar-refractivity contribution is 7.89. The maximum absolute atomic E-state index is 12.1. The zero-order valence-electron chi connectivity index (χ0n) is 11.9. The SMILES string of the molecule is CC(C)C(CNS(=O)(=O)c1cccc(O)c1)C(C)C. The number of hydrogen-bond donors (Lipinski definition) is 2. The molecule has 0 radical (unpaired) electrons. The average Bonchev–Trinajstić information content (AvgIpc) is 2.28. The third-order valence-electron chi connectivity index (χ3n) is 3.35. The van der Waals surface area contributed by atoms with Crippen molar-refractivity contribution in [3.8, 4) is 5.75 Å². The lowest BCUT2D eigenvalue weighted by molar-refractivity contribution is 0.289. The normalized spacial score (nSPS) is 12.6. The lowest BCUT2D eigenvalue weighted by Crippen LogP contribution is -2.33. The number of benzene rings is 1. The van der Waals surface area contributed by atoms with Gasteiger partial charge in [-0.1, -0.05) is 33.8 Å². The van der Waals surface area contributed by atoms with E-state index < -0.39 is 10.0 Å². The van der Waals surface area contributed by atoms with Crippen molar-refractivity contribution in [2.24, 2.45) is 17.8 Å². The molecule has 108 valence electrons. The molecule has 0 saturated heterocycles. The van der Waals surface area contributed by atoms with E-state index in [1.807, 2.05) is 0 Å². The summed E-state index contributed by atoms with van der Waals surface area (Å²) in [4.78, 5) is 0.0961. The van der Waals surface area contributed by atoms with Gasteiger partial charge in [0.1, 0.15) is 5.75 Å². The molecule has 0 bridgehead atoms. The van der Waals surface area contributed by atoms with Crippen LogP contribution in [0.2, 0.25) is 0 Å². The fourth-order valence-corrected chi connectivity index (χ4v) is 3.29. The molecule has 0 heterocycles. The van der Waals surface area contributed by atoms with Gasteiger partial charge in [-0.2, -0.15) is 0 Å². The molecule has 2 N–H and O–H groups in total. The van der Waals surface area contributed by atoms with Crippen LogP contribution in [0, 0.1) is 17.8 Å². The molecule has 4 nitrogen and oxygen atoms in total. The fourth-order valence-electron chi connectivity index (χ4n) is 2.18. The summed E-state index contributed by atoms with van der Waals surface area (Å²) in [6.07, 6.45) is 0. The van der Waals surface area contributed by atoms with E-state index in [-0.39, 0.29) is 16.6 Å². The van der Waals surface area contributed by atoms with E-state index in [2.05, 4.69) is 32.4 Å². The Bertz CT molecular complexity index is 501. The molecule has 0 unspecified atom stereocenters. The molecule has 1 rings (SSSR count). The third kappa shape index (κ3) is 4.51. The highest BCUT2D eigenvalue weighted by Crippen LogP contribution is 2.21. The zero-order valence-corrected chi connectivity index (χ0v) is 12.7. The molecular formula is C14H23NO3S. The molecule has 1 aromatic rings. The molecule has 0 amide bonds. The summed E-state index contributed by atoms with van der Waals surface area (Å²) in [7, 11) is -3.55. The van der Waals surface area contributed by atoms with Gasteiger partial charge >= 0.3 is 0 Å². The van der Waals surface area contributed by atoms with Gasteiger partial charge in [0, 0.05) is 6.54 Å². The summed E-state index contributed by atoms with van der Waals surface area (Å²) in [5.74, 6) is 1.05. The first-order chi connectivity index (χ1) is 8.74. The van der Waals surface area contributed by atoms with Crippen LogP contribution in [0.15, 0.2) is 29.2 Å². The smallest absolute Gasteiger partial charge is 0.240 e. The van der Waals surface area contributed by atoms with E-state index in [1.54, 1.807) is 0 Å². The second kappa shape index (κ2) is 6.39. The number of rotatable bonds is 6. The predicted molar refractivity (Wildman–Crippen MR) is 76.5 cm³/mol. The van der Waals surface area contributed by atoms with Crippen LogP contribution in [0.25, 0.3) is 0 Å². The van der Waals surface area contributed by atoms with Crippen molar-refractivity contribution in [3.63, 3.8) is 0 Å². The van der Waals surface area contributed by atoms with Crippen molar-refractivity contribution >= 4 is 10.0 Å². The van der Waals surface area contributed by atoms with E-state index in [1.165, 1.54) is 24.3 Å². The standard InChI is InChI=1S/C14H23NO3S/c1-10(2)14(11(3)4)9-15-19(17,18)13-7-5-6-12(16)8-13/h5-8,10-11,14-16H,9H2,1-4H3. The molecule has 0 atom stereocenters. The van der Waals surface area contributed by atoms with Gasteiger partial charge in [0.05, 0.1) is 4.90 Å². The van der Waals surface area contributed by atoms with Gasteiger partial charge in [0.2, 0.25) is 10.0 Å². The number of phenolic OH excluding ortho intramolecular Hbond substituents is 1. The first kappa shape index (κ1) is 16.0. The van der Waals surface area contributed by atoms with Crippen LogP contribution in [0.3, 0.4) is 0 Å². The van der Waals surface area contributed by atoms with Crippen LogP contribution in [0.1, 0.15) is 27.7 Å². The summed E-state index contributed by atoms with van der Waals surface area (Å²) < 4.78 is 26.9. The first-order valence-corrected chi connectivity index (χ1v) is 8.01. The van der Waals surface area contributed by atoms with Crippen molar-refractivity contribution in [1.29, 1.82) is 0 Å². The van der Waals surface area contributed by atoms with Crippen molar-refractivity contribution in [2.45, 2.75) is 32.6 Å². The van der Waals surface area contributed by atoms with E-state index in [4.69, 9.17) is 0 Å². The molecular weight excluding hydrogens is 262 g/mol. The second-order valence-electron chi connectivity index (χ2n) is 5.50. The fraction of sp³-hybridized carbons (Fsp3) is 0.571. The summed E-state index contributed by atoms with van der Waals surface area (Å²) in [6, 6.07) is 5.69. The summed E-state index contributed by atoms with van der Waals surface area (Å²) in [5.41, 5.74) is 0. The minimum absolute atomic E-state index is 0.0489. The topological polar surface area (TPSA) is 66.4 Å². The molecule has 0 aliphatic carbocycles. The Labute approximate surface area is 115 Å². The predicted octanol–water partition coefficient (Wildman–Crippen LogP) is 2.60. The monoisotopic (exact) mass is 285 g/mol. The first-order valence-electron chi connectivity index (χ1n) is 6.52. The molecule has 0 aliphatic rings. The molecule has 0 spiro atoms. The maximum Gasteiger partial charge on any atom is 0.240 e. The zero-order chi connectivity index (χ0) is 14.6. The average molecular weight is 285 g/mol. The number of aromatic hydroxyl groups is 1. The van der Waals surface area contributed by atoms with Gasteiger partial charge in [-0.05, 0) is 36.0 Å². The second-order valence-corrected chi connectivity index (χ2v) is 7.27. The number of sulfonamides is 1. The van der Waals surface area contributed by atoms with Crippen molar-refractivity contribution in [3.05, 3.63) is 24.3 Å². The number of phenols is 1. The van der Waals surface area contributed by atoms with Gasteiger partial charge in [-0.25, -0.2) is 13.1 Å². The Morgan fingerprint density at radius 1 is 1.16 bits per heavy atom. The summed E-state index contributed by atoms with van der Waals surface area (Å²) in [5, 5.41) is 9.34. The summed E-state index contributed by atoms with van der Waals surface area (Å²) >= 11 is 0. The van der Waals surface area contributed by atoms with E-state index >= 15 is 0 Å². The Morgan fingerprint density at radius 2 is 1.74 bits per heavy atom. The highest BCUT2D eigenvalue weighted by Gasteiger charge is 2.21. The molecule has 0 fully saturated rings. The lowest BCUT2D eigenvalue weighted by Gasteiger charge is -2.25. The van der Waals surface area contributed by atoms with Crippen LogP contribution < -0.4 is 4.72 Å². The molecule has 1 aromatic carbocycles. The molecule has 0 aromatic heterocycles. The van der Waals surface area contributed by atoms with Crippen LogP contribution in [0.4, 0.5) is 0 Å².